The van der Waals surface area contributed by atoms with E-state index in [0.29, 0.717) is 134 Å². The van der Waals surface area contributed by atoms with Crippen molar-refractivity contribution in [3.8, 4) is 11.5 Å². The number of hydrogen-bond donors (Lipinski definition) is 6. The number of anilines is 2. The number of nitrogens with one attached hydrogen (secondary N) is 2. The number of Topliss-reactive ketones (excluding diaryl/α,β-unsaturated/α-hetero) is 2. The van der Waals surface area contributed by atoms with Crippen molar-refractivity contribution in [2.24, 2.45) is 40.9 Å². The molecular formula is C82H104N16O20S2. The standard InChI is InChI=1S/C40H48N8O9S.C36H44N8O6S.C4H4O3.2CH4O/c1-5-47(21-20-31(49)10-8-6-7-9-11-37(50)41-25-27(3)57-39(53)19-18-38(51)52)29-14-12-28(13-15-29)43-45-34-22-26(2)33(24-35(34)56-4)44-46-40-42-32-17-16-30(48(54)55)23-36(32)58-40;1-5-43(19-18-29(46)10-8-6-7-9-11-35(47)37-23-25(3)45)27-14-12-26(13-15-27)39-41-32-20-24(2)31(22-33(32)50-4)40-42-36-38-30-17-16-28(44(48)49)21-34(30)51-36;5-3-1-2-4(6)7-3;2*1-2/h12-17,22-24,27H,5-11,18-21,25H2,1-4H3,(H,41,50)(H,51,52);12-17,20-22,25,45H,5-11,18-19,23H2,1-4H3,(H,37,47);1-2H2;2*2H,1H3/i2*3D;;2*2T. The first-order valence-corrected chi connectivity index (χ1v) is 40.0. The third kappa shape index (κ3) is 35.1. The summed E-state index contributed by atoms with van der Waals surface area (Å²) in [5.74, 6) is -1.67. The Morgan fingerprint density at radius 2 is 0.967 bits per heavy atom. The number of nitrogens with zero attached hydrogens (tertiary/aromatic N) is 14. The number of unbranched alkanes of at least 4 members (excludes halogenated alkanes) is 6. The van der Waals surface area contributed by atoms with Crippen molar-refractivity contribution in [1.29, 1.82) is 2.86 Å². The number of thiazole rings is 2. The monoisotopic (exact) mass is 1700 g/mol. The number of methoxy groups -OCH3 is 2. The van der Waals surface area contributed by atoms with Crippen molar-refractivity contribution in [1.82, 2.24) is 20.6 Å². The van der Waals surface area contributed by atoms with Gasteiger partial charge in [0.15, 0.2) is 0 Å². The quantitative estimate of drug-likeness (QED) is 0.00516. The molecule has 6 aromatic carbocycles. The maximum atomic E-state index is 12.7. The minimum atomic E-state index is -1.11. The number of ketones is 2. The van der Waals surface area contributed by atoms with Gasteiger partial charge in [-0.2, -0.15) is 10.2 Å². The number of aliphatic hydroxyl groups is 3. The second-order valence-corrected chi connectivity index (χ2v) is 28.5. The fourth-order valence-electron chi connectivity index (χ4n) is 11.2. The van der Waals surface area contributed by atoms with Gasteiger partial charge in [-0.15, -0.1) is 30.7 Å². The van der Waals surface area contributed by atoms with Crippen LogP contribution in [0.2, 0.25) is 0 Å². The minimum Gasteiger partial charge on any atom is -0.494 e. The lowest BCUT2D eigenvalue weighted by atomic mass is 10.1. The number of hydrogen-bond acceptors (Lipinski definition) is 33. The van der Waals surface area contributed by atoms with E-state index in [4.69, 9.17) is 24.9 Å². The summed E-state index contributed by atoms with van der Waals surface area (Å²) in [6, 6.07) is 31.2. The van der Waals surface area contributed by atoms with Crippen LogP contribution in [0.1, 0.15) is 157 Å². The number of nitro groups is 2. The highest BCUT2D eigenvalue weighted by atomic mass is 32.1. The van der Waals surface area contributed by atoms with E-state index < -0.39 is 45.9 Å². The smallest absolute Gasteiger partial charge is 0.314 e. The lowest BCUT2D eigenvalue weighted by Gasteiger charge is -2.22. The molecule has 1 aliphatic rings. The maximum Gasteiger partial charge on any atom is 0.314 e. The highest BCUT2D eigenvalue weighted by molar-refractivity contribution is 7.22. The van der Waals surface area contributed by atoms with Gasteiger partial charge in [-0.3, -0.25) is 58.6 Å². The number of carboxylic acid groups (broad SMARTS) is 1. The predicted octanol–water partition coefficient (Wildman–Crippen LogP) is 17.4. The van der Waals surface area contributed by atoms with E-state index in [2.05, 4.69) is 86.3 Å². The van der Waals surface area contributed by atoms with Crippen LogP contribution in [0.15, 0.2) is 150 Å². The summed E-state index contributed by atoms with van der Waals surface area (Å²) in [6.07, 6.45) is 6.96. The van der Waals surface area contributed by atoms with Gasteiger partial charge in [0.05, 0.1) is 106 Å². The van der Waals surface area contributed by atoms with Gasteiger partial charge in [0.1, 0.15) is 40.5 Å². The Morgan fingerprint density at radius 1 is 0.558 bits per heavy atom. The van der Waals surface area contributed by atoms with E-state index in [9.17, 15) is 63.7 Å². The topological polar surface area (TPSA) is 496 Å². The van der Waals surface area contributed by atoms with Crippen molar-refractivity contribution in [3.05, 3.63) is 141 Å². The summed E-state index contributed by atoms with van der Waals surface area (Å²) < 4.78 is 47.5. The predicted molar refractivity (Wildman–Crippen MR) is 455 cm³/mol. The molecule has 3 heterocycles. The van der Waals surface area contributed by atoms with E-state index in [1.165, 1.54) is 75.4 Å². The first-order chi connectivity index (χ1) is 59.6. The third-order valence-corrected chi connectivity index (χ3v) is 19.4. The molecule has 36 nitrogen and oxygen atoms in total. The minimum absolute atomic E-state index is 0.00353. The van der Waals surface area contributed by atoms with Crippen molar-refractivity contribution in [2.45, 2.75) is 169 Å². The zero-order valence-corrected chi connectivity index (χ0v) is 69.9. The highest BCUT2D eigenvalue weighted by Gasteiger charge is 2.21. The molecule has 2 atom stereocenters. The number of rotatable bonds is 44. The summed E-state index contributed by atoms with van der Waals surface area (Å²) in [5, 5.41) is 88.0. The summed E-state index contributed by atoms with van der Waals surface area (Å²) in [4.78, 5) is 126. The van der Waals surface area contributed by atoms with Crippen LogP contribution in [0.3, 0.4) is 0 Å². The second-order valence-electron chi connectivity index (χ2n) is 26.4. The van der Waals surface area contributed by atoms with Gasteiger partial charge in [-0.05, 0) is 151 Å². The van der Waals surface area contributed by atoms with Crippen LogP contribution in [0, 0.1) is 34.1 Å². The van der Waals surface area contributed by atoms with E-state index >= 15 is 0 Å². The molecule has 8 aromatic rings. The summed E-state index contributed by atoms with van der Waals surface area (Å²) in [6.45, 7) is 10.2. The molecule has 6 N–H and O–H groups in total. The molecule has 1 fully saturated rings. The van der Waals surface area contributed by atoms with Crippen molar-refractivity contribution in [3.63, 3.8) is 0 Å². The number of aromatic nitrogens is 2. The number of amides is 2. The number of aliphatic carboxylic acids is 1. The van der Waals surface area contributed by atoms with Crippen LogP contribution in [0.5, 0.6) is 11.5 Å². The fourth-order valence-corrected chi connectivity index (χ4v) is 12.9. The van der Waals surface area contributed by atoms with Crippen molar-refractivity contribution >= 4 is 158 Å². The number of aryl methyl sites for hydroxylation is 2. The number of cyclic esters (lactones) is 2. The number of carboxylic acids is 1. The molecule has 2 aromatic heterocycles. The Kier molecular flexibility index (Phi) is 40.6. The Hall–Kier alpha value is -12.3. The van der Waals surface area contributed by atoms with E-state index in [-0.39, 0.29) is 93.7 Å². The van der Waals surface area contributed by atoms with Crippen LogP contribution < -0.4 is 29.9 Å². The average molecular weight is 1700 g/mol. The Morgan fingerprint density at radius 3 is 1.33 bits per heavy atom. The summed E-state index contributed by atoms with van der Waals surface area (Å²) in [5.41, 5.74) is 8.09. The van der Waals surface area contributed by atoms with E-state index in [0.717, 1.165) is 74.0 Å². The molecule has 0 bridgehead atoms. The van der Waals surface area contributed by atoms with Crippen molar-refractivity contribution in [2.75, 3.05) is 77.5 Å². The van der Waals surface area contributed by atoms with Crippen LogP contribution >= 0.6 is 22.7 Å². The molecule has 2 amide bonds. The molecule has 644 valence electrons. The first-order valence-electron chi connectivity index (χ1n) is 40.6. The number of aliphatic hydroxyl groups excluding tert-OH is 3. The SMILES string of the molecule is O=C1CCC(=O)O1.[2H]CC(CNC(=O)CCCCCCC(=O)CCN(CC)c1ccc(N=Nc2cc(C)c(N=Nc3nc4ccc([N+](=O)[O-])cc4s3)cc2OC)cc1)OC(=O)CCC(=O)O.[2H]CC(O)CNC(=O)CCCCCCC(=O)CCN(CC)c1ccc(N=Nc2cc(C)c(N=Nc3nc4ccc([N+](=O)[O-])cc4s3)cc2OC)cc1.[3H]OC.[3H]OC. The molecule has 38 heteroatoms. The van der Waals surface area contributed by atoms with Crippen LogP contribution in [-0.4, -0.2) is 170 Å². The average Bonchev–Trinajstić information content (AvgIpc) is 1.52. The molecule has 9 rings (SSSR count). The number of azo groups is 4. The summed E-state index contributed by atoms with van der Waals surface area (Å²) >= 11 is 2.41. The molecule has 1 aliphatic heterocycles. The van der Waals surface area contributed by atoms with Gasteiger partial charge >= 0.3 is 23.9 Å². The number of esters is 3. The number of ether oxygens (including phenoxy) is 4. The van der Waals surface area contributed by atoms with Gasteiger partial charge in [-0.1, -0.05) is 48.4 Å². The van der Waals surface area contributed by atoms with E-state index in [1.807, 2.05) is 76.2 Å². The van der Waals surface area contributed by atoms with Gasteiger partial charge in [-0.25, -0.2) is 9.97 Å². The Bertz CT molecular complexity index is 4930. The normalized spacial score (nSPS) is 12.6. The Balaban J connectivity index is 0.000000386. The summed E-state index contributed by atoms with van der Waals surface area (Å²) in [7, 11) is 5.64. The van der Waals surface area contributed by atoms with E-state index in [1.54, 1.807) is 36.4 Å². The number of benzene rings is 6. The third-order valence-electron chi connectivity index (χ3n) is 17.6. The van der Waals surface area contributed by atoms with Gasteiger partial charge in [0.2, 0.25) is 24.9 Å². The zero-order valence-electron chi connectivity index (χ0n) is 72.3. The zero-order chi connectivity index (χ0) is 90.9. The number of fused-ring (bicyclic) bond motifs is 2. The molecular weight excluding hydrogens is 1590 g/mol. The van der Waals surface area contributed by atoms with Crippen molar-refractivity contribution < 1.29 is 90.3 Å². The largest absolute Gasteiger partial charge is 0.494 e. The number of nitro benzene ring substituents is 2. The molecule has 0 spiro atoms. The Labute approximate surface area is 707 Å². The van der Waals surface area contributed by atoms with Crippen LogP contribution in [0.4, 0.5) is 67.1 Å². The van der Waals surface area contributed by atoms with Gasteiger partial charge in [0.25, 0.3) is 11.4 Å². The van der Waals surface area contributed by atoms with Gasteiger partial charge in [0, 0.05) is 136 Å². The van der Waals surface area contributed by atoms with Gasteiger partial charge < -0.3 is 59.8 Å². The maximum absolute atomic E-state index is 12.7. The highest BCUT2D eigenvalue weighted by Crippen LogP contribution is 2.40. The van der Waals surface area contributed by atoms with Crippen LogP contribution in [0.25, 0.3) is 20.4 Å². The molecule has 120 heavy (non-hydrogen) atoms. The molecule has 0 saturated carbocycles. The number of non-ortho nitro benzene ring substituents is 2. The lowest BCUT2D eigenvalue weighted by Crippen LogP contribution is -2.33. The number of carbonyl (C=O) groups excluding carboxylic acids is 7. The first kappa shape index (κ1) is 91.6. The fraction of sp³-hybridized carbons (Fsp3) is 0.439. The molecule has 1 saturated heterocycles. The van der Waals surface area contributed by atoms with Crippen LogP contribution in [-0.2, 0) is 47.8 Å². The number of carbonyl (C=O) groups is 8. The molecule has 0 radical (unpaired) electrons. The molecule has 2 unspecified atom stereocenters. The second kappa shape index (κ2) is 53.2. The molecule has 0 aliphatic carbocycles. The lowest BCUT2D eigenvalue weighted by molar-refractivity contribution is -0.384.